The van der Waals surface area contributed by atoms with Crippen LogP contribution in [0.2, 0.25) is 0 Å². The summed E-state index contributed by atoms with van der Waals surface area (Å²) in [5.41, 5.74) is 5.31. The molecule has 0 saturated heterocycles. The van der Waals surface area contributed by atoms with Crippen LogP contribution in [0, 0.1) is 5.82 Å². The number of nitrogen functional groups attached to an aromatic ring is 1. The van der Waals surface area contributed by atoms with Gasteiger partial charge >= 0.3 is 0 Å². The zero-order valence-corrected chi connectivity index (χ0v) is 9.42. The molecule has 0 fully saturated rings. The fourth-order valence-corrected chi connectivity index (χ4v) is 1.24. The van der Waals surface area contributed by atoms with Crippen LogP contribution < -0.4 is 16.4 Å². The molecule has 0 bridgehead atoms. The summed E-state index contributed by atoms with van der Waals surface area (Å²) in [4.78, 5) is 22.5. The predicted octanol–water partition coefficient (Wildman–Crippen LogP) is 0.274. The Hall–Kier alpha value is -2.11. The average molecular weight is 239 g/mol. The summed E-state index contributed by atoms with van der Waals surface area (Å²) < 4.78 is 13.1. The van der Waals surface area contributed by atoms with E-state index >= 15 is 0 Å². The molecular formula is C11H14FN3O2. The van der Waals surface area contributed by atoms with Gasteiger partial charge in [-0.2, -0.15) is 0 Å². The van der Waals surface area contributed by atoms with Crippen molar-refractivity contribution in [3.05, 3.63) is 29.6 Å². The van der Waals surface area contributed by atoms with Crippen molar-refractivity contribution in [2.75, 3.05) is 19.3 Å². The van der Waals surface area contributed by atoms with Gasteiger partial charge in [0, 0.05) is 20.0 Å². The molecule has 6 heteroatoms. The minimum Gasteiger partial charge on any atom is -0.396 e. The van der Waals surface area contributed by atoms with E-state index in [1.165, 1.54) is 25.2 Å². The molecule has 0 aliphatic heterocycles. The van der Waals surface area contributed by atoms with Gasteiger partial charge in [0.05, 0.1) is 11.3 Å². The fraction of sp³-hybridized carbons (Fsp3) is 0.273. The van der Waals surface area contributed by atoms with Crippen LogP contribution in [0.1, 0.15) is 16.8 Å². The summed E-state index contributed by atoms with van der Waals surface area (Å²) in [5.74, 6) is -1.31. The van der Waals surface area contributed by atoms with Gasteiger partial charge in [0.2, 0.25) is 5.91 Å². The molecule has 5 nitrogen and oxygen atoms in total. The predicted molar refractivity (Wildman–Crippen MR) is 61.8 cm³/mol. The van der Waals surface area contributed by atoms with Gasteiger partial charge in [-0.05, 0) is 12.1 Å². The number of carbonyl (C=O) groups excluding carboxylic acids is 2. The topological polar surface area (TPSA) is 84.2 Å². The van der Waals surface area contributed by atoms with Crippen molar-refractivity contribution in [2.45, 2.75) is 6.42 Å². The average Bonchev–Trinajstić information content (AvgIpc) is 2.32. The van der Waals surface area contributed by atoms with E-state index in [2.05, 4.69) is 10.6 Å². The van der Waals surface area contributed by atoms with Gasteiger partial charge in [-0.1, -0.05) is 6.07 Å². The van der Waals surface area contributed by atoms with E-state index in [-0.39, 0.29) is 30.1 Å². The van der Waals surface area contributed by atoms with Crippen molar-refractivity contribution in [3.8, 4) is 0 Å². The fourth-order valence-electron chi connectivity index (χ4n) is 1.24. The Morgan fingerprint density at radius 3 is 2.76 bits per heavy atom. The largest absolute Gasteiger partial charge is 0.396 e. The summed E-state index contributed by atoms with van der Waals surface area (Å²) in [7, 11) is 1.51. The zero-order valence-electron chi connectivity index (χ0n) is 9.42. The van der Waals surface area contributed by atoms with Crippen LogP contribution in [0.15, 0.2) is 18.2 Å². The van der Waals surface area contributed by atoms with Crippen LogP contribution in [0.25, 0.3) is 0 Å². The highest BCUT2D eigenvalue weighted by molar-refractivity contribution is 5.99. The zero-order chi connectivity index (χ0) is 12.8. The molecule has 0 radical (unpaired) electrons. The quantitative estimate of drug-likeness (QED) is 0.659. The first-order valence-corrected chi connectivity index (χ1v) is 5.09. The van der Waals surface area contributed by atoms with Crippen LogP contribution in [0.4, 0.5) is 10.1 Å². The molecule has 0 heterocycles. The molecule has 0 saturated carbocycles. The Bertz CT molecular complexity index is 435. The lowest BCUT2D eigenvalue weighted by atomic mass is 10.1. The second-order valence-corrected chi connectivity index (χ2v) is 3.38. The molecule has 1 aromatic carbocycles. The van der Waals surface area contributed by atoms with Crippen LogP contribution >= 0.6 is 0 Å². The van der Waals surface area contributed by atoms with Crippen LogP contribution in [0.3, 0.4) is 0 Å². The first-order valence-electron chi connectivity index (χ1n) is 5.09. The molecule has 0 aromatic heterocycles. The number of nitrogens with two attached hydrogens (primary N) is 1. The van der Waals surface area contributed by atoms with Crippen molar-refractivity contribution >= 4 is 17.5 Å². The van der Waals surface area contributed by atoms with E-state index in [0.29, 0.717) is 0 Å². The van der Waals surface area contributed by atoms with E-state index in [0.717, 1.165) is 0 Å². The van der Waals surface area contributed by atoms with Crippen molar-refractivity contribution in [1.82, 2.24) is 10.6 Å². The lowest BCUT2D eigenvalue weighted by molar-refractivity contribution is -0.120. The molecule has 1 rings (SSSR count). The molecule has 92 valence electrons. The lowest BCUT2D eigenvalue weighted by Gasteiger charge is -2.07. The molecular weight excluding hydrogens is 225 g/mol. The number of hydrogen-bond donors (Lipinski definition) is 3. The molecule has 17 heavy (non-hydrogen) atoms. The van der Waals surface area contributed by atoms with Gasteiger partial charge in [0.1, 0.15) is 5.82 Å². The number of nitrogens with one attached hydrogen (secondary N) is 2. The number of halogens is 1. The number of amides is 2. The molecule has 0 spiro atoms. The van der Waals surface area contributed by atoms with E-state index in [1.54, 1.807) is 0 Å². The van der Waals surface area contributed by atoms with Gasteiger partial charge < -0.3 is 16.4 Å². The van der Waals surface area contributed by atoms with Gasteiger partial charge in [-0.15, -0.1) is 0 Å². The third-order valence-electron chi connectivity index (χ3n) is 2.21. The molecule has 0 aliphatic carbocycles. The van der Waals surface area contributed by atoms with Gasteiger partial charge in [0.15, 0.2) is 0 Å². The highest BCUT2D eigenvalue weighted by Gasteiger charge is 2.12. The molecule has 4 N–H and O–H groups in total. The lowest BCUT2D eigenvalue weighted by Crippen LogP contribution is -2.29. The summed E-state index contributed by atoms with van der Waals surface area (Å²) in [6.45, 7) is 0.175. The third kappa shape index (κ3) is 3.44. The molecule has 1 aromatic rings. The van der Waals surface area contributed by atoms with Gasteiger partial charge in [0.25, 0.3) is 5.91 Å². The second-order valence-electron chi connectivity index (χ2n) is 3.38. The highest BCUT2D eigenvalue weighted by Crippen LogP contribution is 2.15. The number of carbonyl (C=O) groups is 2. The maximum atomic E-state index is 13.1. The maximum absolute atomic E-state index is 13.1. The molecule has 2 amide bonds. The first kappa shape index (κ1) is 13.0. The van der Waals surface area contributed by atoms with Gasteiger partial charge in [-0.25, -0.2) is 4.39 Å². The minimum absolute atomic E-state index is 0.0712. The SMILES string of the molecule is CNC(=O)CCNC(=O)c1cccc(F)c1N. The smallest absolute Gasteiger partial charge is 0.253 e. The monoisotopic (exact) mass is 239 g/mol. The number of benzene rings is 1. The van der Waals surface area contributed by atoms with Crippen LogP contribution in [0.5, 0.6) is 0 Å². The maximum Gasteiger partial charge on any atom is 0.253 e. The van der Waals surface area contributed by atoms with Crippen molar-refractivity contribution in [3.63, 3.8) is 0 Å². The van der Waals surface area contributed by atoms with Gasteiger partial charge in [-0.3, -0.25) is 9.59 Å². The summed E-state index contributed by atoms with van der Waals surface area (Å²) in [5, 5.41) is 4.91. The van der Waals surface area contributed by atoms with Crippen molar-refractivity contribution in [2.24, 2.45) is 0 Å². The number of para-hydroxylation sites is 1. The molecule has 0 unspecified atom stereocenters. The van der Waals surface area contributed by atoms with Crippen molar-refractivity contribution in [1.29, 1.82) is 0 Å². The Labute approximate surface area is 98.2 Å². The van der Waals surface area contributed by atoms with E-state index < -0.39 is 11.7 Å². The van der Waals surface area contributed by atoms with Crippen molar-refractivity contribution < 1.29 is 14.0 Å². The molecule has 0 aliphatic rings. The highest BCUT2D eigenvalue weighted by atomic mass is 19.1. The van der Waals surface area contributed by atoms with Crippen LogP contribution in [-0.4, -0.2) is 25.4 Å². The number of anilines is 1. The Morgan fingerprint density at radius 2 is 2.12 bits per heavy atom. The first-order chi connectivity index (χ1) is 8.06. The standard InChI is InChI=1S/C11H14FN3O2/c1-14-9(16)5-6-15-11(17)7-3-2-4-8(12)10(7)13/h2-4H,5-6,13H2,1H3,(H,14,16)(H,15,17). The normalized spacial score (nSPS) is 9.76. The van der Waals surface area contributed by atoms with E-state index in [4.69, 9.17) is 5.73 Å². The van der Waals surface area contributed by atoms with E-state index in [9.17, 15) is 14.0 Å². The minimum atomic E-state index is -0.635. The number of hydrogen-bond acceptors (Lipinski definition) is 3. The Morgan fingerprint density at radius 1 is 1.41 bits per heavy atom. The third-order valence-corrected chi connectivity index (χ3v) is 2.21. The summed E-state index contributed by atoms with van der Waals surface area (Å²) in [6.07, 6.45) is 0.164. The summed E-state index contributed by atoms with van der Waals surface area (Å²) in [6, 6.07) is 4.00. The van der Waals surface area contributed by atoms with Crippen LogP contribution in [-0.2, 0) is 4.79 Å². The Balaban J connectivity index is 2.59. The molecule has 0 atom stereocenters. The number of rotatable bonds is 4. The summed E-state index contributed by atoms with van der Waals surface area (Å²) >= 11 is 0. The second kappa shape index (κ2) is 5.83. The Kier molecular flexibility index (Phi) is 4.45. The van der Waals surface area contributed by atoms with E-state index in [1.807, 2.05) is 0 Å².